The van der Waals surface area contributed by atoms with E-state index in [1.807, 2.05) is 0 Å². The number of unbranched alkanes of at least 4 members (excludes halogenated alkanes) is 5. The average Bonchev–Trinajstić information content (AvgIpc) is 2.36. The molecule has 0 N–H and O–H groups in total. The maximum absolute atomic E-state index is 3.78. The van der Waals surface area contributed by atoms with Gasteiger partial charge in [-0.2, -0.15) is 0 Å². The smallest absolute Gasteiger partial charge is 0.134 e. The Kier molecular flexibility index (Phi) is 16.9. The first-order valence-electron chi connectivity index (χ1n) is 7.65. The van der Waals surface area contributed by atoms with Crippen LogP contribution in [-0.2, 0) is 0 Å². The van der Waals surface area contributed by atoms with Crippen LogP contribution >= 0.6 is 15.9 Å². The summed E-state index contributed by atoms with van der Waals surface area (Å²) < 4.78 is 1.31. The number of quaternary nitrogens is 1. The van der Waals surface area contributed by atoms with Gasteiger partial charge in [-0.15, -0.1) is 0 Å². The molecule has 0 atom stereocenters. The van der Waals surface area contributed by atoms with Crippen LogP contribution in [0.1, 0.15) is 72.1 Å². The number of alkyl halides is 1. The van der Waals surface area contributed by atoms with Gasteiger partial charge in [0.1, 0.15) is 5.45 Å². The molecule has 0 rings (SSSR count). The number of halogens is 2. The summed E-state index contributed by atoms with van der Waals surface area (Å²) in [7, 11) is 0. The topological polar surface area (TPSA) is 0 Å². The van der Waals surface area contributed by atoms with Crippen molar-refractivity contribution in [2.45, 2.75) is 72.1 Å². The summed E-state index contributed by atoms with van der Waals surface area (Å²) in [5.41, 5.74) is 1.15. The van der Waals surface area contributed by atoms with Crippen molar-refractivity contribution in [3.05, 3.63) is 0 Å². The molecule has 112 valence electrons. The van der Waals surface area contributed by atoms with Crippen molar-refractivity contribution in [1.82, 2.24) is 0 Å². The lowest BCUT2D eigenvalue weighted by molar-refractivity contribution is -0.915. The Hall–Kier alpha value is 0.920. The summed E-state index contributed by atoms with van der Waals surface area (Å²) in [4.78, 5) is 0. The number of hydrogen-bond donors (Lipinski definition) is 0. The summed E-state index contributed by atoms with van der Waals surface area (Å²) in [6, 6.07) is 0. The maximum Gasteiger partial charge on any atom is 0.134 e. The second kappa shape index (κ2) is 14.3. The number of rotatable bonds is 12. The number of nitrogens with zero attached hydrogens (tertiary/aromatic N) is 1. The summed E-state index contributed by atoms with van der Waals surface area (Å²) in [6.07, 6.45) is 11.0. The van der Waals surface area contributed by atoms with E-state index in [4.69, 9.17) is 0 Å². The van der Waals surface area contributed by atoms with E-state index < -0.39 is 0 Å². The summed E-state index contributed by atoms with van der Waals surface area (Å²) in [5.74, 6) is 0. The lowest BCUT2D eigenvalue weighted by Crippen LogP contribution is -3.00. The SMILES string of the molecule is CCCCC[N+](CBr)(CCCC)CCCCC.[Br-]. The van der Waals surface area contributed by atoms with Crippen LogP contribution < -0.4 is 17.0 Å². The van der Waals surface area contributed by atoms with E-state index in [2.05, 4.69) is 36.7 Å². The zero-order valence-corrected chi connectivity index (χ0v) is 15.9. The van der Waals surface area contributed by atoms with Crippen LogP contribution in [0, 0.1) is 0 Å². The van der Waals surface area contributed by atoms with E-state index >= 15 is 0 Å². The highest BCUT2D eigenvalue weighted by atomic mass is 79.9. The van der Waals surface area contributed by atoms with Gasteiger partial charge in [-0.1, -0.05) is 40.0 Å². The Labute approximate surface area is 134 Å². The van der Waals surface area contributed by atoms with Crippen molar-refractivity contribution in [1.29, 1.82) is 0 Å². The Morgan fingerprint density at radius 3 is 1.39 bits per heavy atom. The third-order valence-corrected chi connectivity index (χ3v) is 4.78. The third kappa shape index (κ3) is 9.80. The third-order valence-electron chi connectivity index (χ3n) is 3.71. The van der Waals surface area contributed by atoms with Crippen LogP contribution in [0.15, 0.2) is 0 Å². The Bertz CT molecular complexity index is 153. The minimum Gasteiger partial charge on any atom is -1.00 e. The monoisotopic (exact) mass is 385 g/mol. The zero-order chi connectivity index (χ0) is 13.0. The second-order valence-electron chi connectivity index (χ2n) is 5.40. The van der Waals surface area contributed by atoms with E-state index in [1.165, 1.54) is 75.5 Å². The van der Waals surface area contributed by atoms with Crippen LogP contribution in [0.4, 0.5) is 0 Å². The highest BCUT2D eigenvalue weighted by Gasteiger charge is 2.24. The van der Waals surface area contributed by atoms with Crippen LogP contribution in [0.3, 0.4) is 0 Å². The lowest BCUT2D eigenvalue weighted by Gasteiger charge is -2.37. The van der Waals surface area contributed by atoms with Crippen LogP contribution in [0.2, 0.25) is 0 Å². The van der Waals surface area contributed by atoms with E-state index in [1.54, 1.807) is 0 Å². The molecule has 0 spiro atoms. The minimum atomic E-state index is 0. The van der Waals surface area contributed by atoms with Crippen molar-refractivity contribution in [3.8, 4) is 0 Å². The van der Waals surface area contributed by atoms with E-state index in [9.17, 15) is 0 Å². The van der Waals surface area contributed by atoms with Gasteiger partial charge < -0.3 is 21.5 Å². The van der Waals surface area contributed by atoms with Gasteiger partial charge >= 0.3 is 0 Å². The molecule has 0 fully saturated rings. The molecule has 0 aliphatic rings. The van der Waals surface area contributed by atoms with Gasteiger partial charge in [0.05, 0.1) is 19.6 Å². The summed E-state index contributed by atoms with van der Waals surface area (Å²) >= 11 is 3.78. The molecule has 0 amide bonds. The van der Waals surface area contributed by atoms with Crippen molar-refractivity contribution >= 4 is 15.9 Å². The van der Waals surface area contributed by atoms with Crippen LogP contribution in [0.5, 0.6) is 0 Å². The second-order valence-corrected chi connectivity index (χ2v) is 5.90. The van der Waals surface area contributed by atoms with Gasteiger partial charge in [-0.05, 0) is 48.0 Å². The summed E-state index contributed by atoms with van der Waals surface area (Å²) in [5, 5.41) is 0. The quantitative estimate of drug-likeness (QED) is 0.209. The molecular formula is C15H33Br2N. The molecule has 0 aromatic carbocycles. The first kappa shape index (κ1) is 21.2. The Morgan fingerprint density at radius 2 is 1.06 bits per heavy atom. The highest BCUT2D eigenvalue weighted by molar-refractivity contribution is 9.09. The van der Waals surface area contributed by atoms with Gasteiger partial charge in [0, 0.05) is 0 Å². The molecule has 0 heterocycles. The molecule has 3 heteroatoms. The van der Waals surface area contributed by atoms with Crippen molar-refractivity contribution < 1.29 is 21.5 Å². The highest BCUT2D eigenvalue weighted by Crippen LogP contribution is 2.17. The molecule has 0 bridgehead atoms. The molecule has 0 radical (unpaired) electrons. The molecule has 1 nitrogen and oxygen atoms in total. The Balaban J connectivity index is 0. The average molecular weight is 387 g/mol. The van der Waals surface area contributed by atoms with E-state index in [0.29, 0.717) is 0 Å². The first-order chi connectivity index (χ1) is 8.24. The first-order valence-corrected chi connectivity index (χ1v) is 8.77. The Morgan fingerprint density at radius 1 is 0.667 bits per heavy atom. The molecule has 0 aliphatic heterocycles. The van der Waals surface area contributed by atoms with Gasteiger partial charge in [0.15, 0.2) is 0 Å². The molecule has 0 aromatic rings. The van der Waals surface area contributed by atoms with Crippen LogP contribution in [-0.4, -0.2) is 29.6 Å². The zero-order valence-electron chi connectivity index (χ0n) is 12.7. The van der Waals surface area contributed by atoms with Crippen molar-refractivity contribution in [3.63, 3.8) is 0 Å². The standard InChI is InChI=1S/C15H33BrN.BrH/c1-4-7-10-13-17(15-16,12-9-6-3)14-11-8-5-2;/h4-15H2,1-3H3;1H/q+1;/p-1. The number of hydrogen-bond acceptors (Lipinski definition) is 0. The van der Waals surface area contributed by atoms with Gasteiger partial charge in [-0.3, -0.25) is 0 Å². The minimum absolute atomic E-state index is 0. The van der Waals surface area contributed by atoms with Crippen molar-refractivity contribution in [2.24, 2.45) is 0 Å². The predicted molar refractivity (Wildman–Crippen MR) is 82.6 cm³/mol. The normalized spacial score (nSPS) is 11.3. The molecule has 0 aromatic heterocycles. The van der Waals surface area contributed by atoms with E-state index in [-0.39, 0.29) is 17.0 Å². The predicted octanol–water partition coefficient (Wildman–Crippen LogP) is 2.34. The fourth-order valence-electron chi connectivity index (χ4n) is 2.40. The lowest BCUT2D eigenvalue weighted by atomic mass is 10.1. The van der Waals surface area contributed by atoms with Gasteiger partial charge in [0.25, 0.3) is 0 Å². The fraction of sp³-hybridized carbons (Fsp3) is 1.00. The molecule has 0 unspecified atom stereocenters. The van der Waals surface area contributed by atoms with Crippen molar-refractivity contribution in [2.75, 3.05) is 25.1 Å². The molecule has 0 saturated carbocycles. The maximum atomic E-state index is 3.78. The molecule has 0 saturated heterocycles. The molecule has 18 heavy (non-hydrogen) atoms. The molecular weight excluding hydrogens is 354 g/mol. The molecule has 0 aliphatic carbocycles. The largest absolute Gasteiger partial charge is 1.00 e. The van der Waals surface area contributed by atoms with Crippen LogP contribution in [0.25, 0.3) is 0 Å². The summed E-state index contributed by atoms with van der Waals surface area (Å²) in [6.45, 7) is 11.0. The van der Waals surface area contributed by atoms with E-state index in [0.717, 1.165) is 5.45 Å². The van der Waals surface area contributed by atoms with Gasteiger partial charge in [0.2, 0.25) is 0 Å². The fourth-order valence-corrected chi connectivity index (χ4v) is 3.15. The van der Waals surface area contributed by atoms with Gasteiger partial charge in [-0.25, -0.2) is 0 Å².